The Morgan fingerprint density at radius 3 is 1.41 bits per heavy atom. The highest BCUT2D eigenvalue weighted by Crippen LogP contribution is 2.46. The van der Waals surface area contributed by atoms with Crippen LogP contribution < -0.4 is 0 Å². The van der Waals surface area contributed by atoms with Crippen LogP contribution in [0.5, 0.6) is 0 Å². The van der Waals surface area contributed by atoms with Crippen molar-refractivity contribution >= 4 is 72.7 Å². The van der Waals surface area contributed by atoms with E-state index >= 15 is 0 Å². The van der Waals surface area contributed by atoms with Gasteiger partial charge in [0.2, 0.25) is 0 Å². The summed E-state index contributed by atoms with van der Waals surface area (Å²) in [5.74, 6) is -1.93. The van der Waals surface area contributed by atoms with Crippen LogP contribution in [0.25, 0.3) is 43.1 Å². The summed E-state index contributed by atoms with van der Waals surface area (Å²) in [5.41, 5.74) is 2.12. The third-order valence-electron chi connectivity index (χ3n) is 11.3. The molecular weight excluding hydrogens is 709 g/mol. The van der Waals surface area contributed by atoms with Crippen molar-refractivity contribution in [2.75, 3.05) is 40.0 Å². The smallest absolute Gasteiger partial charge is 0.333 e. The number of methoxy groups -OCH3 is 1. The van der Waals surface area contributed by atoms with Crippen molar-refractivity contribution < 1.29 is 38.2 Å². The maximum absolute atomic E-state index is 13.9. The molecule has 0 fully saturated rings. The molecule has 10 nitrogen and oxygen atoms in total. The molecule has 2 heterocycles. The van der Waals surface area contributed by atoms with Crippen molar-refractivity contribution in [3.05, 3.63) is 82.9 Å². The largest absolute Gasteiger partial charge is 0.454 e. The van der Waals surface area contributed by atoms with E-state index in [9.17, 15) is 24.0 Å². The predicted octanol–water partition coefficient (Wildman–Crippen LogP) is 9.00. The standard InChI is InChI=1S/C46H50N2O8/c1-5-6-7-8-9-10-11-12-13-14-23-47-42(49)34-19-15-30-32-17-21-36-41-37(22-18-33(39(32)41)31-16-20-35(43(47)50)40(34)38(30)31)45(52)48(44(36)51)24-25-55-27-29(26-54-4)56-46(53)28(2)3/h15-22,29H,2,5-14,23-27H2,1,3-4H3. The summed E-state index contributed by atoms with van der Waals surface area (Å²) in [4.78, 5) is 70.3. The fraction of sp³-hybridized carbons (Fsp3) is 0.413. The third kappa shape index (κ3) is 7.16. The van der Waals surface area contributed by atoms with Crippen molar-refractivity contribution in [1.29, 1.82) is 0 Å². The van der Waals surface area contributed by atoms with Gasteiger partial charge in [0.15, 0.2) is 0 Å². The second-order valence-electron chi connectivity index (χ2n) is 15.2. The number of unbranched alkanes of at least 4 members (excludes halogenated alkanes) is 9. The first-order valence-electron chi connectivity index (χ1n) is 20.0. The number of hydrogen-bond donors (Lipinski definition) is 0. The summed E-state index contributed by atoms with van der Waals surface area (Å²) < 4.78 is 16.2. The Labute approximate surface area is 327 Å². The van der Waals surface area contributed by atoms with Crippen molar-refractivity contribution in [2.24, 2.45) is 0 Å². The molecule has 7 rings (SSSR count). The molecule has 1 atom stereocenters. The summed E-state index contributed by atoms with van der Waals surface area (Å²) in [5, 5.41) is 6.28. The number of carbonyl (C=O) groups excluding carboxylic acids is 5. The van der Waals surface area contributed by atoms with Crippen molar-refractivity contribution in [2.45, 2.75) is 84.2 Å². The number of nitrogens with zero attached hydrogens (tertiary/aromatic N) is 2. The molecular formula is C46H50N2O8. The predicted molar refractivity (Wildman–Crippen MR) is 218 cm³/mol. The quantitative estimate of drug-likeness (QED) is 0.0193. The molecule has 5 aromatic rings. The third-order valence-corrected chi connectivity index (χ3v) is 11.3. The lowest BCUT2D eigenvalue weighted by Gasteiger charge is -2.30. The maximum atomic E-state index is 13.9. The molecule has 0 aliphatic carbocycles. The molecule has 10 heteroatoms. The number of ether oxygens (including phenoxy) is 3. The molecule has 292 valence electrons. The Hall–Kier alpha value is -5.19. The lowest BCUT2D eigenvalue weighted by molar-refractivity contribution is -0.150. The fourth-order valence-electron chi connectivity index (χ4n) is 8.46. The van der Waals surface area contributed by atoms with Gasteiger partial charge in [0, 0.05) is 52.3 Å². The van der Waals surface area contributed by atoms with Gasteiger partial charge in [0.25, 0.3) is 23.6 Å². The molecule has 2 aliphatic heterocycles. The SMILES string of the molecule is C=C(C)C(=O)OC(COC)COCCN1C(=O)c2ccc3c4ccc5c6c(ccc(c7ccc(c2c37)C1=O)c64)C(=O)N(CCCCCCCCCCCC)C5=O. The van der Waals surface area contributed by atoms with Crippen LogP contribution in [0.2, 0.25) is 0 Å². The second kappa shape index (κ2) is 16.9. The van der Waals surface area contributed by atoms with Gasteiger partial charge in [-0.1, -0.05) is 95.6 Å². The molecule has 56 heavy (non-hydrogen) atoms. The molecule has 0 saturated heterocycles. The molecule has 0 aromatic heterocycles. The summed E-state index contributed by atoms with van der Waals surface area (Å²) in [7, 11) is 1.49. The van der Waals surface area contributed by atoms with Crippen LogP contribution in [0.4, 0.5) is 0 Å². The summed E-state index contributed by atoms with van der Waals surface area (Å²) in [6, 6.07) is 14.8. The van der Waals surface area contributed by atoms with Gasteiger partial charge in [-0.25, -0.2) is 4.79 Å². The van der Waals surface area contributed by atoms with E-state index in [1.54, 1.807) is 19.1 Å². The van der Waals surface area contributed by atoms with Gasteiger partial charge in [-0.05, 0) is 69.9 Å². The Balaban J connectivity index is 1.11. The second-order valence-corrected chi connectivity index (χ2v) is 15.2. The number of carbonyl (C=O) groups is 5. The fourth-order valence-corrected chi connectivity index (χ4v) is 8.46. The van der Waals surface area contributed by atoms with Gasteiger partial charge in [0.05, 0.1) is 26.4 Å². The van der Waals surface area contributed by atoms with Crippen LogP contribution in [-0.4, -0.2) is 85.5 Å². The van der Waals surface area contributed by atoms with Crippen LogP contribution in [0.15, 0.2) is 60.7 Å². The van der Waals surface area contributed by atoms with Crippen molar-refractivity contribution in [3.8, 4) is 0 Å². The van der Waals surface area contributed by atoms with E-state index in [-0.39, 0.29) is 43.8 Å². The number of amides is 4. The molecule has 0 bridgehead atoms. The lowest BCUT2D eigenvalue weighted by atomic mass is 9.82. The van der Waals surface area contributed by atoms with Gasteiger partial charge < -0.3 is 14.2 Å². The van der Waals surface area contributed by atoms with Crippen LogP contribution >= 0.6 is 0 Å². The van der Waals surface area contributed by atoms with Crippen molar-refractivity contribution in [1.82, 2.24) is 9.80 Å². The van der Waals surface area contributed by atoms with E-state index in [0.717, 1.165) is 51.6 Å². The lowest BCUT2D eigenvalue weighted by Crippen LogP contribution is -2.42. The summed E-state index contributed by atoms with van der Waals surface area (Å²) >= 11 is 0. The molecule has 4 amide bonds. The van der Waals surface area contributed by atoms with Gasteiger partial charge in [-0.15, -0.1) is 0 Å². The Kier molecular flexibility index (Phi) is 11.8. The first-order valence-corrected chi connectivity index (χ1v) is 20.0. The highest BCUT2D eigenvalue weighted by Gasteiger charge is 2.36. The zero-order valence-corrected chi connectivity index (χ0v) is 32.7. The number of imide groups is 2. The minimum atomic E-state index is -0.674. The molecule has 0 saturated carbocycles. The summed E-state index contributed by atoms with van der Waals surface area (Å²) in [6.45, 7) is 7.95. The maximum Gasteiger partial charge on any atom is 0.333 e. The number of fused-ring (bicyclic) bond motifs is 2. The van der Waals surface area contributed by atoms with Crippen molar-refractivity contribution in [3.63, 3.8) is 0 Å². The van der Waals surface area contributed by atoms with Gasteiger partial charge >= 0.3 is 5.97 Å². The van der Waals surface area contributed by atoms with Crippen LogP contribution in [0.3, 0.4) is 0 Å². The molecule has 5 aromatic carbocycles. The molecule has 2 aliphatic rings. The highest BCUT2D eigenvalue weighted by atomic mass is 16.6. The van der Waals surface area contributed by atoms with E-state index in [1.807, 2.05) is 36.4 Å². The zero-order valence-electron chi connectivity index (χ0n) is 32.7. The van der Waals surface area contributed by atoms with E-state index in [0.29, 0.717) is 39.6 Å². The Morgan fingerprint density at radius 1 is 0.589 bits per heavy atom. The van der Waals surface area contributed by atoms with Crippen LogP contribution in [-0.2, 0) is 19.0 Å². The number of rotatable bonds is 20. The van der Waals surface area contributed by atoms with E-state index in [1.165, 1.54) is 61.9 Å². The Bertz CT molecular complexity index is 2240. The average Bonchev–Trinajstić information content (AvgIpc) is 3.19. The number of benzene rings is 5. The normalized spacial score (nSPS) is 14.6. The highest BCUT2D eigenvalue weighted by molar-refractivity contribution is 6.41. The minimum Gasteiger partial charge on any atom is -0.454 e. The van der Waals surface area contributed by atoms with Crippen LogP contribution in [0, 0.1) is 0 Å². The van der Waals surface area contributed by atoms with Crippen LogP contribution in [0.1, 0.15) is 119 Å². The molecule has 1 unspecified atom stereocenters. The van der Waals surface area contributed by atoms with Gasteiger partial charge in [0.1, 0.15) is 6.10 Å². The first kappa shape index (κ1) is 39.1. The van der Waals surface area contributed by atoms with E-state index < -0.39 is 23.9 Å². The minimum absolute atomic E-state index is 0.00218. The van der Waals surface area contributed by atoms with Gasteiger partial charge in [-0.3, -0.25) is 29.0 Å². The van der Waals surface area contributed by atoms with Gasteiger partial charge in [-0.2, -0.15) is 0 Å². The zero-order chi connectivity index (χ0) is 39.5. The van der Waals surface area contributed by atoms with E-state index in [4.69, 9.17) is 14.2 Å². The molecule has 0 radical (unpaired) electrons. The Morgan fingerprint density at radius 2 is 1.00 bits per heavy atom. The number of hydrogen-bond acceptors (Lipinski definition) is 8. The summed E-state index contributed by atoms with van der Waals surface area (Å²) in [6.07, 6.45) is 11.1. The average molecular weight is 759 g/mol. The molecule has 0 N–H and O–H groups in total. The topological polar surface area (TPSA) is 120 Å². The van der Waals surface area contributed by atoms with E-state index in [2.05, 4.69) is 13.5 Å². The monoisotopic (exact) mass is 758 g/mol. The first-order chi connectivity index (χ1) is 27.2. The molecule has 0 spiro atoms. The number of esters is 1.